The first-order valence-corrected chi connectivity index (χ1v) is 9.96. The van der Waals surface area contributed by atoms with Crippen LogP contribution in [-0.4, -0.2) is 11.5 Å². The van der Waals surface area contributed by atoms with E-state index in [0.717, 1.165) is 34.6 Å². The Bertz CT molecular complexity index is 893. The predicted molar refractivity (Wildman–Crippen MR) is 109 cm³/mol. The molecule has 0 saturated heterocycles. The Morgan fingerprint density at radius 3 is 2.57 bits per heavy atom. The molecule has 0 bridgehead atoms. The summed E-state index contributed by atoms with van der Waals surface area (Å²) in [5.74, 6) is 0. The lowest BCUT2D eigenvalue weighted by Gasteiger charge is -2.40. The first-order valence-electron chi connectivity index (χ1n) is 9.08. The van der Waals surface area contributed by atoms with Gasteiger partial charge in [0.15, 0.2) is 0 Å². The average Bonchev–Trinajstić information content (AvgIpc) is 3.18. The van der Waals surface area contributed by atoms with E-state index < -0.39 is 17.2 Å². The summed E-state index contributed by atoms with van der Waals surface area (Å²) < 4.78 is 38.8. The van der Waals surface area contributed by atoms with Gasteiger partial charge in [0.1, 0.15) is 0 Å². The fraction of sp³-hybridized carbons (Fsp3) is 0.318. The highest BCUT2D eigenvalue weighted by Gasteiger charge is 2.39. The van der Waals surface area contributed by atoms with Gasteiger partial charge in [-0.15, -0.1) is 11.3 Å². The van der Waals surface area contributed by atoms with E-state index in [1.807, 2.05) is 6.92 Å². The van der Waals surface area contributed by atoms with Crippen LogP contribution in [0.5, 0.6) is 0 Å². The van der Waals surface area contributed by atoms with Gasteiger partial charge in [0.25, 0.3) is 0 Å². The van der Waals surface area contributed by atoms with Gasteiger partial charge in [0.2, 0.25) is 0 Å². The molecule has 0 amide bonds. The van der Waals surface area contributed by atoms with Crippen molar-refractivity contribution in [3.63, 3.8) is 0 Å². The summed E-state index contributed by atoms with van der Waals surface area (Å²) in [5, 5.41) is 0. The van der Waals surface area contributed by atoms with E-state index in [0.29, 0.717) is 19.4 Å². The van der Waals surface area contributed by atoms with Gasteiger partial charge in [-0.1, -0.05) is 42.0 Å². The summed E-state index contributed by atoms with van der Waals surface area (Å²) in [6.45, 7) is 6.94. The third kappa shape index (κ3) is 4.13. The Labute approximate surface area is 167 Å². The Kier molecular flexibility index (Phi) is 5.91. The van der Waals surface area contributed by atoms with Crippen molar-refractivity contribution in [2.75, 3.05) is 6.54 Å². The van der Waals surface area contributed by atoms with Crippen LogP contribution >= 0.6 is 11.3 Å². The molecule has 0 radical (unpaired) electrons. The second kappa shape index (κ2) is 8.05. The number of thiazole rings is 1. The summed E-state index contributed by atoms with van der Waals surface area (Å²) in [6.07, 6.45) is 3.79. The first kappa shape index (κ1) is 20.6. The van der Waals surface area contributed by atoms with Crippen LogP contribution in [0.25, 0.3) is 5.57 Å². The Morgan fingerprint density at radius 2 is 2.00 bits per heavy atom. The van der Waals surface area contributed by atoms with Crippen LogP contribution in [0.1, 0.15) is 35.8 Å². The number of halogens is 3. The molecule has 1 aliphatic carbocycles. The van der Waals surface area contributed by atoms with Gasteiger partial charge >= 0.3 is 6.18 Å². The maximum absolute atomic E-state index is 12.9. The molecule has 1 atom stereocenters. The van der Waals surface area contributed by atoms with E-state index in [1.165, 1.54) is 22.5 Å². The minimum atomic E-state index is -4.34. The molecule has 2 aromatic rings. The highest BCUT2D eigenvalue weighted by atomic mass is 32.1. The van der Waals surface area contributed by atoms with E-state index >= 15 is 0 Å². The maximum atomic E-state index is 12.9. The van der Waals surface area contributed by atoms with Gasteiger partial charge < -0.3 is 5.73 Å². The lowest BCUT2D eigenvalue weighted by atomic mass is 9.64. The van der Waals surface area contributed by atoms with Crippen LogP contribution in [0.4, 0.5) is 13.2 Å². The number of hydrogen-bond donors (Lipinski definition) is 1. The Morgan fingerprint density at radius 1 is 1.29 bits per heavy atom. The van der Waals surface area contributed by atoms with Crippen LogP contribution in [0.15, 0.2) is 65.9 Å². The van der Waals surface area contributed by atoms with E-state index in [2.05, 4.69) is 23.7 Å². The van der Waals surface area contributed by atoms with Crippen molar-refractivity contribution >= 4 is 16.9 Å². The minimum Gasteiger partial charge on any atom is -0.330 e. The van der Waals surface area contributed by atoms with Crippen molar-refractivity contribution in [1.82, 2.24) is 4.98 Å². The largest absolute Gasteiger partial charge is 0.416 e. The molecule has 0 spiro atoms. The van der Waals surface area contributed by atoms with Crippen LogP contribution in [0.3, 0.4) is 0 Å². The van der Waals surface area contributed by atoms with Crippen LogP contribution in [0, 0.1) is 5.41 Å². The summed E-state index contributed by atoms with van der Waals surface area (Å²) in [4.78, 5) is 5.16. The van der Waals surface area contributed by atoms with E-state index in [-0.39, 0.29) is 0 Å². The SMILES string of the molecule is C=C(c1cncs1)C1(Cc2ccc(C(F)(F)F)cc2)CC=C(C)C=C1CCN. The zero-order chi connectivity index (χ0) is 20.4. The number of rotatable bonds is 6. The molecule has 2 nitrogen and oxygen atoms in total. The zero-order valence-electron chi connectivity index (χ0n) is 15.7. The predicted octanol–water partition coefficient (Wildman–Crippen LogP) is 6.03. The number of alkyl halides is 3. The number of allylic oxidation sites excluding steroid dienone is 4. The molecule has 0 aliphatic heterocycles. The molecule has 0 saturated carbocycles. The van der Waals surface area contributed by atoms with Crippen molar-refractivity contribution in [2.45, 2.75) is 32.4 Å². The molecule has 1 aromatic heterocycles. The fourth-order valence-electron chi connectivity index (χ4n) is 3.78. The van der Waals surface area contributed by atoms with Crippen LogP contribution in [-0.2, 0) is 12.6 Å². The van der Waals surface area contributed by atoms with Crippen molar-refractivity contribution in [1.29, 1.82) is 0 Å². The van der Waals surface area contributed by atoms with Crippen LogP contribution in [0.2, 0.25) is 0 Å². The molecular weight excluding hydrogens is 381 g/mol. The quantitative estimate of drug-likeness (QED) is 0.638. The molecular formula is C22H23F3N2S. The molecule has 0 fully saturated rings. The van der Waals surface area contributed by atoms with Crippen molar-refractivity contribution in [3.8, 4) is 0 Å². The second-order valence-corrected chi connectivity index (χ2v) is 8.04. The van der Waals surface area contributed by atoms with E-state index in [9.17, 15) is 13.2 Å². The van der Waals surface area contributed by atoms with E-state index in [1.54, 1.807) is 23.8 Å². The number of nitrogens with two attached hydrogens (primary N) is 1. The molecule has 1 aromatic carbocycles. The summed E-state index contributed by atoms with van der Waals surface area (Å²) in [5.41, 5.74) is 10.7. The van der Waals surface area contributed by atoms with Crippen LogP contribution < -0.4 is 5.73 Å². The third-order valence-corrected chi connectivity index (χ3v) is 6.13. The van der Waals surface area contributed by atoms with Gasteiger partial charge in [0, 0.05) is 11.6 Å². The normalized spacial score (nSPS) is 19.9. The van der Waals surface area contributed by atoms with Gasteiger partial charge in [-0.2, -0.15) is 13.2 Å². The number of nitrogens with zero attached hydrogens (tertiary/aromatic N) is 1. The molecule has 28 heavy (non-hydrogen) atoms. The Hall–Kier alpha value is -2.18. The standard InChI is InChI=1S/C22H23F3N2S/c1-15-7-9-21(19(11-15)8-10-26,16(2)20-13-27-14-28-20)12-17-3-5-18(6-4-17)22(23,24)25/h3-7,11,13-14H,2,8-10,12,26H2,1H3. The minimum absolute atomic E-state index is 0.412. The van der Waals surface area contributed by atoms with Gasteiger partial charge in [0.05, 0.1) is 16.0 Å². The molecule has 2 N–H and O–H groups in total. The molecule has 3 rings (SSSR count). The number of hydrogen-bond acceptors (Lipinski definition) is 3. The number of benzene rings is 1. The average molecular weight is 405 g/mol. The highest BCUT2D eigenvalue weighted by molar-refractivity contribution is 7.10. The summed E-state index contributed by atoms with van der Waals surface area (Å²) in [6, 6.07) is 5.43. The smallest absolute Gasteiger partial charge is 0.330 e. The maximum Gasteiger partial charge on any atom is 0.416 e. The topological polar surface area (TPSA) is 38.9 Å². The fourth-order valence-corrected chi connectivity index (χ4v) is 4.47. The Balaban J connectivity index is 2.02. The van der Waals surface area contributed by atoms with Crippen molar-refractivity contribution < 1.29 is 13.2 Å². The summed E-state index contributed by atoms with van der Waals surface area (Å²) in [7, 11) is 0. The number of aromatic nitrogens is 1. The molecule has 1 unspecified atom stereocenters. The van der Waals surface area contributed by atoms with Gasteiger partial charge in [-0.25, -0.2) is 0 Å². The lowest BCUT2D eigenvalue weighted by Crippen LogP contribution is -2.30. The molecule has 6 heteroatoms. The lowest BCUT2D eigenvalue weighted by molar-refractivity contribution is -0.137. The molecule has 148 valence electrons. The second-order valence-electron chi connectivity index (χ2n) is 7.16. The first-order chi connectivity index (χ1) is 13.3. The summed E-state index contributed by atoms with van der Waals surface area (Å²) >= 11 is 1.52. The highest BCUT2D eigenvalue weighted by Crippen LogP contribution is 2.50. The van der Waals surface area contributed by atoms with E-state index in [4.69, 9.17) is 5.73 Å². The van der Waals surface area contributed by atoms with Crippen molar-refractivity contribution in [3.05, 3.63) is 81.9 Å². The molecule has 1 aliphatic rings. The zero-order valence-corrected chi connectivity index (χ0v) is 16.5. The van der Waals surface area contributed by atoms with Gasteiger partial charge in [-0.3, -0.25) is 4.98 Å². The van der Waals surface area contributed by atoms with Crippen molar-refractivity contribution in [2.24, 2.45) is 11.1 Å². The molecule has 1 heterocycles. The van der Waals surface area contributed by atoms with Gasteiger partial charge in [-0.05, 0) is 56.0 Å². The monoisotopic (exact) mass is 404 g/mol. The third-order valence-electron chi connectivity index (χ3n) is 5.30.